The van der Waals surface area contributed by atoms with Gasteiger partial charge in [0.2, 0.25) is 0 Å². The van der Waals surface area contributed by atoms with Gasteiger partial charge in [0.05, 0.1) is 11.4 Å². The van der Waals surface area contributed by atoms with E-state index in [0.717, 1.165) is 22.5 Å². The number of H-pyrrole nitrogens is 2. The summed E-state index contributed by atoms with van der Waals surface area (Å²) in [6, 6.07) is 10.1. The van der Waals surface area contributed by atoms with Gasteiger partial charge in [-0.2, -0.15) is 0 Å². The second-order valence-corrected chi connectivity index (χ2v) is 3.61. The fourth-order valence-corrected chi connectivity index (χ4v) is 1.72. The summed E-state index contributed by atoms with van der Waals surface area (Å²) in [5.74, 6) is 0. The lowest BCUT2D eigenvalue weighted by molar-refractivity contribution is 1.32. The van der Waals surface area contributed by atoms with Gasteiger partial charge in [0, 0.05) is 35.9 Å². The highest BCUT2D eigenvalue weighted by Crippen LogP contribution is 2.21. The standard InChI is InChI=1S/C13H11N3/c1-2-12(10-4-6-14-8-10)16-13(3-1)11-5-7-15-9-11/h1-9,14-15H. The summed E-state index contributed by atoms with van der Waals surface area (Å²) in [5, 5.41) is 0. The second kappa shape index (κ2) is 3.70. The molecule has 3 rings (SSSR count). The van der Waals surface area contributed by atoms with E-state index in [0.29, 0.717) is 0 Å². The molecule has 3 heterocycles. The molecule has 0 spiro atoms. The molecule has 0 saturated heterocycles. The Balaban J connectivity index is 2.07. The third-order valence-electron chi connectivity index (χ3n) is 2.54. The molecule has 16 heavy (non-hydrogen) atoms. The zero-order chi connectivity index (χ0) is 10.8. The highest BCUT2D eigenvalue weighted by Gasteiger charge is 2.03. The number of pyridine rings is 1. The molecule has 0 aliphatic carbocycles. The molecule has 0 aliphatic heterocycles. The zero-order valence-electron chi connectivity index (χ0n) is 8.64. The van der Waals surface area contributed by atoms with Crippen LogP contribution in [0.1, 0.15) is 0 Å². The van der Waals surface area contributed by atoms with Crippen LogP contribution in [0.5, 0.6) is 0 Å². The van der Waals surface area contributed by atoms with E-state index in [2.05, 4.69) is 15.0 Å². The number of hydrogen-bond donors (Lipinski definition) is 2. The number of hydrogen-bond acceptors (Lipinski definition) is 1. The van der Waals surface area contributed by atoms with Gasteiger partial charge in [-0.1, -0.05) is 6.07 Å². The molecule has 0 amide bonds. The lowest BCUT2D eigenvalue weighted by Gasteiger charge is -2.00. The van der Waals surface area contributed by atoms with Crippen molar-refractivity contribution in [3.05, 3.63) is 55.1 Å². The predicted molar refractivity (Wildman–Crippen MR) is 63.8 cm³/mol. The third-order valence-corrected chi connectivity index (χ3v) is 2.54. The highest BCUT2D eigenvalue weighted by molar-refractivity contribution is 5.65. The van der Waals surface area contributed by atoms with E-state index in [1.807, 2.05) is 55.1 Å². The molecule has 0 radical (unpaired) electrons. The maximum Gasteiger partial charge on any atom is 0.0724 e. The quantitative estimate of drug-likeness (QED) is 0.669. The van der Waals surface area contributed by atoms with Gasteiger partial charge in [-0.05, 0) is 24.3 Å². The Hall–Kier alpha value is -2.29. The minimum absolute atomic E-state index is 0.986. The molecule has 3 aromatic rings. The monoisotopic (exact) mass is 209 g/mol. The average Bonchev–Trinajstić information content (AvgIpc) is 3.03. The maximum atomic E-state index is 4.62. The molecule has 3 heteroatoms. The first-order valence-electron chi connectivity index (χ1n) is 5.17. The van der Waals surface area contributed by atoms with Crippen LogP contribution in [0.15, 0.2) is 55.1 Å². The van der Waals surface area contributed by atoms with Gasteiger partial charge in [-0.25, -0.2) is 4.98 Å². The van der Waals surface area contributed by atoms with E-state index < -0.39 is 0 Å². The Kier molecular flexibility index (Phi) is 2.07. The van der Waals surface area contributed by atoms with Crippen molar-refractivity contribution >= 4 is 0 Å². The largest absolute Gasteiger partial charge is 0.367 e. The minimum atomic E-state index is 0.986. The van der Waals surface area contributed by atoms with Gasteiger partial charge in [0.1, 0.15) is 0 Å². The summed E-state index contributed by atoms with van der Waals surface area (Å²) < 4.78 is 0. The molecule has 0 saturated carbocycles. The van der Waals surface area contributed by atoms with Crippen molar-refractivity contribution in [3.63, 3.8) is 0 Å². The number of nitrogens with zero attached hydrogens (tertiary/aromatic N) is 1. The van der Waals surface area contributed by atoms with Crippen LogP contribution >= 0.6 is 0 Å². The third kappa shape index (κ3) is 1.52. The van der Waals surface area contributed by atoms with Crippen LogP contribution in [0.2, 0.25) is 0 Å². The van der Waals surface area contributed by atoms with Gasteiger partial charge < -0.3 is 9.97 Å². The SMILES string of the molecule is c1cc(-c2cc[nH]c2)nc(-c2cc[nH]c2)c1. The molecule has 0 aromatic carbocycles. The fraction of sp³-hybridized carbons (Fsp3) is 0. The van der Waals surface area contributed by atoms with E-state index in [1.165, 1.54) is 0 Å². The first-order chi connectivity index (χ1) is 7.93. The predicted octanol–water partition coefficient (Wildman–Crippen LogP) is 3.07. The van der Waals surface area contributed by atoms with Gasteiger partial charge >= 0.3 is 0 Å². The van der Waals surface area contributed by atoms with Crippen LogP contribution in [-0.2, 0) is 0 Å². The average molecular weight is 209 g/mol. The molecule has 0 bridgehead atoms. The molecule has 0 aliphatic rings. The van der Waals surface area contributed by atoms with E-state index >= 15 is 0 Å². The Morgan fingerprint density at radius 2 is 1.31 bits per heavy atom. The summed E-state index contributed by atoms with van der Waals surface area (Å²) in [5.41, 5.74) is 4.19. The van der Waals surface area contributed by atoms with Crippen LogP contribution in [0, 0.1) is 0 Å². The lowest BCUT2D eigenvalue weighted by Crippen LogP contribution is -1.84. The first-order valence-corrected chi connectivity index (χ1v) is 5.17. The number of aromatic nitrogens is 3. The molecule has 78 valence electrons. The molecular formula is C13H11N3. The van der Waals surface area contributed by atoms with Crippen LogP contribution in [0.4, 0.5) is 0 Å². The van der Waals surface area contributed by atoms with Gasteiger partial charge in [0.15, 0.2) is 0 Å². The van der Waals surface area contributed by atoms with E-state index in [4.69, 9.17) is 0 Å². The summed E-state index contributed by atoms with van der Waals surface area (Å²) in [7, 11) is 0. The normalized spacial score (nSPS) is 10.5. The smallest absolute Gasteiger partial charge is 0.0724 e. The first kappa shape index (κ1) is 8.97. The van der Waals surface area contributed by atoms with E-state index in [-0.39, 0.29) is 0 Å². The van der Waals surface area contributed by atoms with Gasteiger partial charge in [-0.3, -0.25) is 0 Å². The molecule has 0 unspecified atom stereocenters. The molecule has 0 fully saturated rings. The van der Waals surface area contributed by atoms with Crippen molar-refractivity contribution in [2.24, 2.45) is 0 Å². The number of rotatable bonds is 2. The van der Waals surface area contributed by atoms with Crippen molar-refractivity contribution in [2.45, 2.75) is 0 Å². The molecule has 3 aromatic heterocycles. The molecule has 2 N–H and O–H groups in total. The van der Waals surface area contributed by atoms with Crippen LogP contribution in [-0.4, -0.2) is 15.0 Å². The van der Waals surface area contributed by atoms with E-state index in [1.54, 1.807) is 0 Å². The maximum absolute atomic E-state index is 4.62. The Morgan fingerprint density at radius 3 is 1.75 bits per heavy atom. The van der Waals surface area contributed by atoms with Gasteiger partial charge in [-0.15, -0.1) is 0 Å². The fourth-order valence-electron chi connectivity index (χ4n) is 1.72. The van der Waals surface area contributed by atoms with Crippen LogP contribution in [0.3, 0.4) is 0 Å². The zero-order valence-corrected chi connectivity index (χ0v) is 8.64. The second-order valence-electron chi connectivity index (χ2n) is 3.61. The van der Waals surface area contributed by atoms with Crippen molar-refractivity contribution in [3.8, 4) is 22.5 Å². The molecular weight excluding hydrogens is 198 g/mol. The Labute approximate surface area is 93.2 Å². The van der Waals surface area contributed by atoms with Crippen LogP contribution < -0.4 is 0 Å². The van der Waals surface area contributed by atoms with Crippen molar-refractivity contribution in [2.75, 3.05) is 0 Å². The lowest BCUT2D eigenvalue weighted by atomic mass is 10.1. The highest BCUT2D eigenvalue weighted by atomic mass is 14.7. The minimum Gasteiger partial charge on any atom is -0.367 e. The van der Waals surface area contributed by atoms with Crippen molar-refractivity contribution < 1.29 is 0 Å². The number of nitrogens with one attached hydrogen (secondary N) is 2. The van der Waals surface area contributed by atoms with Crippen LogP contribution in [0.25, 0.3) is 22.5 Å². The summed E-state index contributed by atoms with van der Waals surface area (Å²) in [6.07, 6.45) is 7.70. The Morgan fingerprint density at radius 1 is 0.750 bits per heavy atom. The molecule has 0 atom stereocenters. The van der Waals surface area contributed by atoms with E-state index in [9.17, 15) is 0 Å². The summed E-state index contributed by atoms with van der Waals surface area (Å²) in [4.78, 5) is 10.7. The van der Waals surface area contributed by atoms with Gasteiger partial charge in [0.25, 0.3) is 0 Å². The topological polar surface area (TPSA) is 44.5 Å². The Bertz CT molecular complexity index is 516. The molecule has 3 nitrogen and oxygen atoms in total. The van der Waals surface area contributed by atoms with Crippen molar-refractivity contribution in [1.82, 2.24) is 15.0 Å². The summed E-state index contributed by atoms with van der Waals surface area (Å²) in [6.45, 7) is 0. The number of aromatic amines is 2. The van der Waals surface area contributed by atoms with Crippen molar-refractivity contribution in [1.29, 1.82) is 0 Å². The summed E-state index contributed by atoms with van der Waals surface area (Å²) >= 11 is 0.